The summed E-state index contributed by atoms with van der Waals surface area (Å²) in [4.78, 5) is 17.2. The van der Waals surface area contributed by atoms with E-state index >= 15 is 0 Å². The summed E-state index contributed by atoms with van der Waals surface area (Å²) in [5.41, 5.74) is 2.14. The first-order chi connectivity index (χ1) is 10.7. The van der Waals surface area contributed by atoms with Gasteiger partial charge in [0, 0.05) is 32.1 Å². The number of carbonyl (C=O) groups excluding carboxylic acids is 1. The Hall–Kier alpha value is -1.55. The van der Waals surface area contributed by atoms with Crippen LogP contribution in [0.3, 0.4) is 0 Å². The van der Waals surface area contributed by atoms with E-state index in [0.717, 1.165) is 44.7 Å². The minimum absolute atomic E-state index is 0.203. The van der Waals surface area contributed by atoms with E-state index in [0.29, 0.717) is 0 Å². The number of nitrogens with zero attached hydrogens (tertiary/aromatic N) is 2. The fraction of sp³-hybridized carbons (Fsp3) is 0.611. The average molecular weight is 301 g/mol. The van der Waals surface area contributed by atoms with E-state index < -0.39 is 0 Å². The Morgan fingerprint density at radius 1 is 1.05 bits per heavy atom. The number of likely N-dealkylation sites (N-methyl/N-ethyl adjacent to an activating group) is 1. The van der Waals surface area contributed by atoms with Gasteiger partial charge < -0.3 is 15.1 Å². The van der Waals surface area contributed by atoms with Crippen molar-refractivity contribution in [1.29, 1.82) is 0 Å². The van der Waals surface area contributed by atoms with Crippen molar-refractivity contribution >= 4 is 17.3 Å². The molecule has 0 aromatic heterocycles. The molecular formula is C18H27N3O. The molecular weight excluding hydrogens is 274 g/mol. The summed E-state index contributed by atoms with van der Waals surface area (Å²) in [5, 5.41) is 3.19. The van der Waals surface area contributed by atoms with E-state index in [4.69, 9.17) is 0 Å². The smallest absolute Gasteiger partial charge is 0.227 e. The van der Waals surface area contributed by atoms with Gasteiger partial charge in [-0.25, -0.2) is 0 Å². The highest BCUT2D eigenvalue weighted by Crippen LogP contribution is 2.29. The normalized spacial score (nSPS) is 20.9. The topological polar surface area (TPSA) is 35.6 Å². The van der Waals surface area contributed by atoms with Crippen molar-refractivity contribution in [3.63, 3.8) is 0 Å². The Kier molecular flexibility index (Phi) is 4.98. The number of piperazine rings is 1. The van der Waals surface area contributed by atoms with Crippen LogP contribution in [0.1, 0.15) is 32.1 Å². The lowest BCUT2D eigenvalue weighted by Gasteiger charge is -2.35. The molecule has 4 nitrogen and oxygen atoms in total. The summed E-state index contributed by atoms with van der Waals surface area (Å²) in [7, 11) is 2.16. The van der Waals surface area contributed by atoms with Crippen molar-refractivity contribution in [2.45, 2.75) is 32.1 Å². The molecule has 0 atom stereocenters. The predicted octanol–water partition coefficient (Wildman–Crippen LogP) is 2.96. The Morgan fingerprint density at radius 2 is 1.73 bits per heavy atom. The molecule has 1 heterocycles. The molecule has 0 bridgehead atoms. The fourth-order valence-corrected chi connectivity index (χ4v) is 3.50. The molecule has 1 saturated heterocycles. The molecule has 0 spiro atoms. The summed E-state index contributed by atoms with van der Waals surface area (Å²) < 4.78 is 0. The van der Waals surface area contributed by atoms with Crippen LogP contribution in [0.5, 0.6) is 0 Å². The van der Waals surface area contributed by atoms with Crippen molar-refractivity contribution in [3.05, 3.63) is 24.3 Å². The van der Waals surface area contributed by atoms with Gasteiger partial charge in [-0.3, -0.25) is 4.79 Å². The van der Waals surface area contributed by atoms with Crippen molar-refractivity contribution in [2.24, 2.45) is 5.92 Å². The van der Waals surface area contributed by atoms with Gasteiger partial charge in [0.15, 0.2) is 0 Å². The largest absolute Gasteiger partial charge is 0.367 e. The molecule has 2 aliphatic rings. The Balaban J connectivity index is 1.69. The van der Waals surface area contributed by atoms with E-state index in [1.54, 1.807) is 0 Å². The van der Waals surface area contributed by atoms with Crippen LogP contribution in [0.2, 0.25) is 0 Å². The molecule has 22 heavy (non-hydrogen) atoms. The van der Waals surface area contributed by atoms with Crippen molar-refractivity contribution in [1.82, 2.24) is 4.90 Å². The second-order valence-electron chi connectivity index (χ2n) is 6.63. The first-order valence-corrected chi connectivity index (χ1v) is 8.57. The van der Waals surface area contributed by atoms with Gasteiger partial charge in [-0.05, 0) is 32.0 Å². The highest BCUT2D eigenvalue weighted by molar-refractivity contribution is 5.95. The van der Waals surface area contributed by atoms with Gasteiger partial charge in [0.05, 0.1) is 11.4 Å². The highest BCUT2D eigenvalue weighted by atomic mass is 16.1. The second-order valence-corrected chi connectivity index (χ2v) is 6.63. The molecule has 1 aliphatic carbocycles. The summed E-state index contributed by atoms with van der Waals surface area (Å²) in [6.07, 6.45) is 5.75. The number of hydrogen-bond donors (Lipinski definition) is 1. The molecule has 0 unspecified atom stereocenters. The van der Waals surface area contributed by atoms with Crippen molar-refractivity contribution in [2.75, 3.05) is 43.4 Å². The molecule has 0 radical (unpaired) electrons. The molecule has 1 amide bonds. The van der Waals surface area contributed by atoms with Gasteiger partial charge in [-0.1, -0.05) is 31.4 Å². The van der Waals surface area contributed by atoms with Gasteiger partial charge in [0.2, 0.25) is 5.91 Å². The molecule has 3 rings (SSSR count). The van der Waals surface area contributed by atoms with Crippen LogP contribution in [0, 0.1) is 5.92 Å². The average Bonchev–Trinajstić information content (AvgIpc) is 2.57. The van der Waals surface area contributed by atoms with Crippen LogP contribution in [0.4, 0.5) is 11.4 Å². The third kappa shape index (κ3) is 3.61. The monoisotopic (exact) mass is 301 g/mol. The molecule has 1 aromatic rings. The van der Waals surface area contributed by atoms with Crippen LogP contribution >= 0.6 is 0 Å². The quantitative estimate of drug-likeness (QED) is 0.932. The molecule has 120 valence electrons. The number of para-hydroxylation sites is 2. The molecule has 1 aromatic carbocycles. The maximum absolute atomic E-state index is 12.5. The van der Waals surface area contributed by atoms with E-state index in [-0.39, 0.29) is 11.8 Å². The van der Waals surface area contributed by atoms with Crippen LogP contribution in [-0.4, -0.2) is 44.0 Å². The van der Waals surface area contributed by atoms with Crippen molar-refractivity contribution in [3.8, 4) is 0 Å². The maximum atomic E-state index is 12.5. The minimum atomic E-state index is 0.203. The van der Waals surface area contributed by atoms with Crippen molar-refractivity contribution < 1.29 is 4.79 Å². The number of carbonyl (C=O) groups is 1. The zero-order valence-electron chi connectivity index (χ0n) is 13.6. The van der Waals surface area contributed by atoms with Crippen LogP contribution in [0.15, 0.2) is 24.3 Å². The Labute approximate surface area is 133 Å². The Bertz CT molecular complexity index is 503. The number of hydrogen-bond acceptors (Lipinski definition) is 3. The van der Waals surface area contributed by atoms with Crippen LogP contribution < -0.4 is 10.2 Å². The zero-order valence-corrected chi connectivity index (χ0v) is 13.6. The summed E-state index contributed by atoms with van der Waals surface area (Å²) >= 11 is 0. The van der Waals surface area contributed by atoms with Gasteiger partial charge in [0.1, 0.15) is 0 Å². The van der Waals surface area contributed by atoms with Gasteiger partial charge in [-0.2, -0.15) is 0 Å². The molecule has 4 heteroatoms. The number of anilines is 2. The van der Waals surface area contributed by atoms with E-state index in [9.17, 15) is 4.79 Å². The van der Waals surface area contributed by atoms with E-state index in [1.807, 2.05) is 12.1 Å². The molecule has 1 aliphatic heterocycles. The number of nitrogens with one attached hydrogen (secondary N) is 1. The first-order valence-electron chi connectivity index (χ1n) is 8.57. The number of amides is 1. The summed E-state index contributed by atoms with van der Waals surface area (Å²) in [6.45, 7) is 4.19. The Morgan fingerprint density at radius 3 is 2.45 bits per heavy atom. The SMILES string of the molecule is CN1CCN(c2ccccc2NC(=O)C2CCCCC2)CC1. The zero-order chi connectivity index (χ0) is 15.4. The first kappa shape index (κ1) is 15.3. The van der Waals surface area contributed by atoms with Crippen LogP contribution in [0.25, 0.3) is 0 Å². The van der Waals surface area contributed by atoms with Gasteiger partial charge >= 0.3 is 0 Å². The molecule has 1 N–H and O–H groups in total. The standard InChI is InChI=1S/C18H27N3O/c1-20-11-13-21(14-12-20)17-10-6-5-9-16(17)19-18(22)15-7-3-2-4-8-15/h5-6,9-10,15H,2-4,7-8,11-14H2,1H3,(H,19,22). The minimum Gasteiger partial charge on any atom is -0.367 e. The van der Waals surface area contributed by atoms with E-state index in [1.165, 1.54) is 24.9 Å². The predicted molar refractivity (Wildman–Crippen MR) is 91.4 cm³/mol. The highest BCUT2D eigenvalue weighted by Gasteiger charge is 2.23. The second kappa shape index (κ2) is 7.14. The number of rotatable bonds is 3. The molecule has 1 saturated carbocycles. The lowest BCUT2D eigenvalue weighted by Crippen LogP contribution is -2.44. The lowest BCUT2D eigenvalue weighted by molar-refractivity contribution is -0.120. The van der Waals surface area contributed by atoms with Crippen LogP contribution in [-0.2, 0) is 4.79 Å². The van der Waals surface area contributed by atoms with Gasteiger partial charge in [0.25, 0.3) is 0 Å². The fourth-order valence-electron chi connectivity index (χ4n) is 3.50. The summed E-state index contributed by atoms with van der Waals surface area (Å²) in [5.74, 6) is 0.413. The maximum Gasteiger partial charge on any atom is 0.227 e. The summed E-state index contributed by atoms with van der Waals surface area (Å²) in [6, 6.07) is 8.23. The lowest BCUT2D eigenvalue weighted by atomic mass is 9.88. The third-order valence-electron chi connectivity index (χ3n) is 4.98. The molecule has 2 fully saturated rings. The van der Waals surface area contributed by atoms with Gasteiger partial charge in [-0.15, -0.1) is 0 Å². The third-order valence-corrected chi connectivity index (χ3v) is 4.98. The van der Waals surface area contributed by atoms with E-state index in [2.05, 4.69) is 34.3 Å². The number of benzene rings is 1.